The van der Waals surface area contributed by atoms with E-state index >= 15 is 0 Å². The number of hydrogen-bond donors (Lipinski definition) is 4. The van der Waals surface area contributed by atoms with Crippen LogP contribution in [-0.4, -0.2) is 136 Å². The summed E-state index contributed by atoms with van der Waals surface area (Å²) in [6.07, 6.45) is 1.39. The molecule has 6 heterocycles. The molecule has 0 unspecified atom stereocenters. The first kappa shape index (κ1) is 40.4. The molecule has 0 bridgehead atoms. The summed E-state index contributed by atoms with van der Waals surface area (Å²) in [5.74, 6) is 4.52. The molecule has 4 amide bonds. The van der Waals surface area contributed by atoms with Crippen molar-refractivity contribution in [2.45, 2.75) is 33.9 Å². The zero-order chi connectivity index (χ0) is 37.4. The minimum atomic E-state index is 0.108. The third kappa shape index (κ3) is 12.1. The summed E-state index contributed by atoms with van der Waals surface area (Å²) in [4.78, 5) is 44.7. The zero-order valence-corrected chi connectivity index (χ0v) is 32.2. The monoisotopic (exact) mass is 730 g/mol. The molecule has 2 aromatic carbocycles. The second-order valence-corrected chi connectivity index (χ2v) is 15.3. The second kappa shape index (κ2) is 21.2. The summed E-state index contributed by atoms with van der Waals surface area (Å²) < 4.78 is 0. The van der Waals surface area contributed by atoms with Crippen LogP contribution >= 0.6 is 0 Å². The molecule has 0 saturated carbocycles. The predicted octanol–water partition coefficient (Wildman–Crippen LogP) is 3.33. The lowest BCUT2D eigenvalue weighted by atomic mass is 10.0. The molecule has 2 aromatic rings. The van der Waals surface area contributed by atoms with Crippen LogP contribution < -0.4 is 21.3 Å². The quantitative estimate of drug-likeness (QED) is 0.255. The SMILES string of the molecule is CCN=C=O.CCNC(=O)N1C[C@H]2CN(Cc3ccccc3)C[C@H]2C1.CCNC(=O)N1C[C@H]2CNC[C@H]2C1.c1ccc(CN2C[C@H]3CNC[C@H]3C2)cc1. The highest BCUT2D eigenvalue weighted by atomic mass is 16.2. The summed E-state index contributed by atoms with van der Waals surface area (Å²) in [6.45, 7) is 23.0. The lowest BCUT2D eigenvalue weighted by Gasteiger charge is -2.21. The fourth-order valence-corrected chi connectivity index (χ4v) is 8.76. The van der Waals surface area contributed by atoms with Gasteiger partial charge in [-0.25, -0.2) is 19.4 Å². The van der Waals surface area contributed by atoms with Gasteiger partial charge in [0.1, 0.15) is 0 Å². The molecular weight excluding hydrogens is 667 g/mol. The number of benzene rings is 2. The molecule has 12 nitrogen and oxygen atoms in total. The Balaban J connectivity index is 0.000000147. The van der Waals surface area contributed by atoms with Crippen LogP contribution in [0.3, 0.4) is 0 Å². The van der Waals surface area contributed by atoms with Crippen LogP contribution in [0.2, 0.25) is 0 Å². The van der Waals surface area contributed by atoms with Crippen molar-refractivity contribution in [2.24, 2.45) is 40.5 Å². The van der Waals surface area contributed by atoms with E-state index in [2.05, 4.69) is 96.7 Å². The first-order chi connectivity index (χ1) is 25.9. The molecule has 6 saturated heterocycles. The van der Waals surface area contributed by atoms with Gasteiger partial charge in [0.05, 0.1) is 0 Å². The van der Waals surface area contributed by atoms with Crippen LogP contribution in [0.4, 0.5) is 9.59 Å². The van der Waals surface area contributed by atoms with Crippen molar-refractivity contribution in [1.29, 1.82) is 0 Å². The van der Waals surface area contributed by atoms with E-state index in [1.54, 1.807) is 6.92 Å². The van der Waals surface area contributed by atoms with Crippen molar-refractivity contribution in [2.75, 3.05) is 98.2 Å². The predicted molar refractivity (Wildman–Crippen MR) is 210 cm³/mol. The smallest absolute Gasteiger partial charge is 0.317 e. The van der Waals surface area contributed by atoms with Gasteiger partial charge in [-0.15, -0.1) is 0 Å². The number of urea groups is 2. The summed E-state index contributed by atoms with van der Waals surface area (Å²) >= 11 is 0. The number of nitrogens with one attached hydrogen (secondary N) is 4. The van der Waals surface area contributed by atoms with Crippen LogP contribution in [0, 0.1) is 35.5 Å². The number of carbonyl (C=O) groups excluding carboxylic acids is 3. The molecule has 290 valence electrons. The number of likely N-dealkylation sites (tertiary alicyclic amines) is 4. The number of fused-ring (bicyclic) bond motifs is 3. The van der Waals surface area contributed by atoms with Gasteiger partial charge in [-0.3, -0.25) is 9.80 Å². The average molecular weight is 730 g/mol. The number of aliphatic imine (C=N–C) groups is 1. The molecule has 4 N–H and O–H groups in total. The molecular formula is C41H63N9O3. The van der Waals surface area contributed by atoms with Crippen LogP contribution in [0.25, 0.3) is 0 Å². The lowest BCUT2D eigenvalue weighted by molar-refractivity contribution is 0.199. The third-order valence-corrected chi connectivity index (χ3v) is 11.4. The molecule has 53 heavy (non-hydrogen) atoms. The summed E-state index contributed by atoms with van der Waals surface area (Å²) in [5.41, 5.74) is 2.83. The number of amides is 4. The maximum absolute atomic E-state index is 11.9. The largest absolute Gasteiger partial charge is 0.338 e. The molecule has 0 radical (unpaired) electrons. The summed E-state index contributed by atoms with van der Waals surface area (Å²) in [6, 6.07) is 21.7. The third-order valence-electron chi connectivity index (χ3n) is 11.4. The molecule has 6 aliphatic heterocycles. The summed E-state index contributed by atoms with van der Waals surface area (Å²) in [5, 5.41) is 12.6. The fourth-order valence-electron chi connectivity index (χ4n) is 8.76. The van der Waals surface area contributed by atoms with Crippen LogP contribution in [0.5, 0.6) is 0 Å². The maximum Gasteiger partial charge on any atom is 0.317 e. The Kier molecular flexibility index (Phi) is 16.1. The van der Waals surface area contributed by atoms with Gasteiger partial charge in [-0.05, 0) is 80.5 Å². The van der Waals surface area contributed by atoms with E-state index in [0.717, 1.165) is 83.8 Å². The van der Waals surface area contributed by atoms with E-state index < -0.39 is 0 Å². The standard InChI is InChI=1S/C16H23N3O.C13H18N2.C9H17N3O.C3H5NO/c1-2-17-16(20)19-11-14-9-18(10-15(14)12-19)8-13-6-4-3-5-7-13;1-2-4-11(5-3-1)8-15-9-12-6-14-7-13(12)10-15;1-2-11-9(13)12-5-7-3-10-4-8(7)6-12;1-2-4-3-5/h3-7,14-15H,2,8-12H2,1H3,(H,17,20);1-5,12-14H,6-10H2;7-8,10H,2-6H2,1H3,(H,11,13);2H2,1H3/t14-,15+;12-,13+;7-,8+;. The van der Waals surface area contributed by atoms with Crippen molar-refractivity contribution < 1.29 is 14.4 Å². The van der Waals surface area contributed by atoms with Gasteiger partial charge in [0, 0.05) is 98.2 Å². The van der Waals surface area contributed by atoms with Gasteiger partial charge < -0.3 is 31.1 Å². The van der Waals surface area contributed by atoms with E-state index in [0.29, 0.717) is 36.8 Å². The summed E-state index contributed by atoms with van der Waals surface area (Å²) in [7, 11) is 0. The van der Waals surface area contributed by atoms with Crippen molar-refractivity contribution >= 4 is 18.1 Å². The van der Waals surface area contributed by atoms with Gasteiger partial charge in [0.25, 0.3) is 0 Å². The number of hydrogen-bond acceptors (Lipinski definition) is 8. The van der Waals surface area contributed by atoms with Crippen LogP contribution in [-0.2, 0) is 17.9 Å². The van der Waals surface area contributed by atoms with Gasteiger partial charge in [-0.1, -0.05) is 60.7 Å². The van der Waals surface area contributed by atoms with E-state index in [9.17, 15) is 9.59 Å². The normalized spacial score (nSPS) is 26.8. The number of isocyanates is 1. The van der Waals surface area contributed by atoms with E-state index in [4.69, 9.17) is 4.79 Å². The Morgan fingerprint density at radius 1 is 0.604 bits per heavy atom. The minimum absolute atomic E-state index is 0.108. The highest BCUT2D eigenvalue weighted by molar-refractivity contribution is 5.75. The van der Waals surface area contributed by atoms with Gasteiger partial charge in [0.2, 0.25) is 6.08 Å². The topological polar surface area (TPSA) is 125 Å². The number of nitrogens with zero attached hydrogens (tertiary/aromatic N) is 5. The van der Waals surface area contributed by atoms with Crippen molar-refractivity contribution in [3.05, 3.63) is 71.8 Å². The number of rotatable bonds is 7. The molecule has 6 aliphatic rings. The Morgan fingerprint density at radius 3 is 1.30 bits per heavy atom. The molecule has 0 aliphatic carbocycles. The molecule has 0 spiro atoms. The highest BCUT2D eigenvalue weighted by Gasteiger charge is 2.41. The van der Waals surface area contributed by atoms with Crippen LogP contribution in [0.15, 0.2) is 65.7 Å². The minimum Gasteiger partial charge on any atom is -0.338 e. The van der Waals surface area contributed by atoms with E-state index in [1.807, 2.05) is 23.6 Å². The molecule has 12 heteroatoms. The first-order valence-corrected chi connectivity index (χ1v) is 19.9. The highest BCUT2D eigenvalue weighted by Crippen LogP contribution is 2.32. The van der Waals surface area contributed by atoms with Gasteiger partial charge in [0.15, 0.2) is 0 Å². The zero-order valence-electron chi connectivity index (χ0n) is 32.2. The van der Waals surface area contributed by atoms with E-state index in [1.165, 1.54) is 43.4 Å². The van der Waals surface area contributed by atoms with E-state index in [-0.39, 0.29) is 12.1 Å². The molecule has 6 atom stereocenters. The van der Waals surface area contributed by atoms with Crippen molar-refractivity contribution in [3.63, 3.8) is 0 Å². The maximum atomic E-state index is 11.9. The number of carbonyl (C=O) groups is 2. The van der Waals surface area contributed by atoms with Crippen molar-refractivity contribution in [3.8, 4) is 0 Å². The fraction of sp³-hybridized carbons (Fsp3) is 0.634. The Bertz CT molecular complexity index is 1400. The molecule has 6 fully saturated rings. The van der Waals surface area contributed by atoms with Crippen LogP contribution in [0.1, 0.15) is 31.9 Å². The van der Waals surface area contributed by atoms with Crippen molar-refractivity contribution in [1.82, 2.24) is 40.9 Å². The Labute approximate surface area is 317 Å². The lowest BCUT2D eigenvalue weighted by Crippen LogP contribution is -2.40. The Morgan fingerprint density at radius 2 is 0.962 bits per heavy atom. The van der Waals surface area contributed by atoms with Gasteiger partial charge in [-0.2, -0.15) is 0 Å². The first-order valence-electron chi connectivity index (χ1n) is 19.9. The average Bonchev–Trinajstić information content (AvgIpc) is 4.00. The molecule has 8 rings (SSSR count). The molecule has 0 aromatic heterocycles. The van der Waals surface area contributed by atoms with Gasteiger partial charge >= 0.3 is 12.1 Å². The Hall–Kier alpha value is -3.80. The second-order valence-electron chi connectivity index (χ2n) is 15.3.